The standard InChI is InChI=1S/C28H23F6N7OS/c29-27(30,31)23-5-4-18(12-36-23)24(16-6-8-42-9-7-16)40-15-20(13-37-40)19-11-22(25-38-26(35)39-41(25)14-19)17-2-1-3-21(10-17)43-28(32,33)34/h1-5,10-16,24H,6-9H2,(H2,35,39). The van der Waals surface area contributed by atoms with Crippen molar-refractivity contribution in [3.8, 4) is 22.3 Å². The average molecular weight is 620 g/mol. The number of alkyl halides is 6. The van der Waals surface area contributed by atoms with Crippen LogP contribution in [0.15, 0.2) is 72.1 Å². The van der Waals surface area contributed by atoms with E-state index in [-0.39, 0.29) is 28.5 Å². The predicted molar refractivity (Wildman–Crippen MR) is 147 cm³/mol. The number of ether oxygens (including phenoxy) is 1. The number of nitrogen functional groups attached to an aromatic ring is 1. The van der Waals surface area contributed by atoms with Crippen LogP contribution in [-0.4, -0.2) is 48.1 Å². The summed E-state index contributed by atoms with van der Waals surface area (Å²) in [6, 6.07) is 9.74. The van der Waals surface area contributed by atoms with Crippen LogP contribution in [0.2, 0.25) is 0 Å². The van der Waals surface area contributed by atoms with E-state index in [0.717, 1.165) is 6.07 Å². The summed E-state index contributed by atoms with van der Waals surface area (Å²) in [6.07, 6.45) is 3.12. The van der Waals surface area contributed by atoms with Crippen LogP contribution in [0, 0.1) is 5.92 Å². The van der Waals surface area contributed by atoms with Crippen LogP contribution in [0.25, 0.3) is 27.9 Å². The predicted octanol–water partition coefficient (Wildman–Crippen LogP) is 6.88. The summed E-state index contributed by atoms with van der Waals surface area (Å²) in [6.45, 7) is 1.03. The molecule has 0 spiro atoms. The molecule has 0 amide bonds. The van der Waals surface area contributed by atoms with Crippen molar-refractivity contribution in [3.05, 3.63) is 78.5 Å². The van der Waals surface area contributed by atoms with Gasteiger partial charge in [-0.1, -0.05) is 18.2 Å². The molecule has 5 aromatic rings. The largest absolute Gasteiger partial charge is 0.446 e. The topological polar surface area (TPSA) is 96.2 Å². The zero-order valence-electron chi connectivity index (χ0n) is 22.2. The van der Waals surface area contributed by atoms with E-state index in [4.69, 9.17) is 10.5 Å². The lowest BCUT2D eigenvalue weighted by Crippen LogP contribution is -2.27. The molecule has 2 N–H and O–H groups in total. The number of anilines is 1. The van der Waals surface area contributed by atoms with Gasteiger partial charge < -0.3 is 10.5 Å². The van der Waals surface area contributed by atoms with Crippen molar-refractivity contribution in [1.29, 1.82) is 0 Å². The highest BCUT2D eigenvalue weighted by Crippen LogP contribution is 2.40. The van der Waals surface area contributed by atoms with Gasteiger partial charge in [0.15, 0.2) is 5.65 Å². The van der Waals surface area contributed by atoms with Crippen molar-refractivity contribution in [2.45, 2.75) is 35.5 Å². The molecule has 15 heteroatoms. The van der Waals surface area contributed by atoms with E-state index in [1.807, 2.05) is 0 Å². The molecule has 0 radical (unpaired) electrons. The lowest BCUT2D eigenvalue weighted by molar-refractivity contribution is -0.141. The molecule has 4 aromatic heterocycles. The number of pyridine rings is 2. The summed E-state index contributed by atoms with van der Waals surface area (Å²) in [5, 5.41) is 8.80. The maximum atomic E-state index is 13.2. The van der Waals surface area contributed by atoms with Crippen molar-refractivity contribution in [2.24, 2.45) is 5.92 Å². The number of rotatable bonds is 6. The van der Waals surface area contributed by atoms with Gasteiger partial charge in [-0.05, 0) is 65.9 Å². The van der Waals surface area contributed by atoms with E-state index in [2.05, 4.69) is 20.2 Å². The average Bonchev–Trinajstić information content (AvgIpc) is 3.58. The molecule has 43 heavy (non-hydrogen) atoms. The van der Waals surface area contributed by atoms with Gasteiger partial charge >= 0.3 is 11.7 Å². The number of hydrogen-bond donors (Lipinski definition) is 1. The third-order valence-corrected chi connectivity index (χ3v) is 7.90. The van der Waals surface area contributed by atoms with Gasteiger partial charge in [0.25, 0.3) is 0 Å². The number of fused-ring (bicyclic) bond motifs is 1. The summed E-state index contributed by atoms with van der Waals surface area (Å²) < 4.78 is 87.4. The Bertz CT molecular complexity index is 1740. The fraction of sp³-hybridized carbons (Fsp3) is 0.286. The molecule has 1 atom stereocenters. The number of aromatic nitrogens is 6. The molecule has 6 rings (SSSR count). The molecular weight excluding hydrogens is 596 g/mol. The number of hydrogen-bond acceptors (Lipinski definition) is 7. The summed E-state index contributed by atoms with van der Waals surface area (Å²) in [4.78, 5) is 7.95. The van der Waals surface area contributed by atoms with Crippen molar-refractivity contribution in [2.75, 3.05) is 18.9 Å². The maximum Gasteiger partial charge on any atom is 0.446 e. The highest BCUT2D eigenvalue weighted by Gasteiger charge is 2.34. The van der Waals surface area contributed by atoms with E-state index < -0.39 is 23.4 Å². The van der Waals surface area contributed by atoms with Crippen molar-refractivity contribution in [1.82, 2.24) is 29.4 Å². The van der Waals surface area contributed by atoms with Crippen molar-refractivity contribution < 1.29 is 31.1 Å². The first kappa shape index (κ1) is 29.0. The van der Waals surface area contributed by atoms with E-state index in [9.17, 15) is 26.3 Å². The molecule has 8 nitrogen and oxygen atoms in total. The molecule has 1 fully saturated rings. The zero-order chi connectivity index (χ0) is 30.4. The third kappa shape index (κ3) is 6.32. The van der Waals surface area contributed by atoms with Gasteiger partial charge in [0.1, 0.15) is 5.69 Å². The zero-order valence-corrected chi connectivity index (χ0v) is 23.0. The normalized spacial score (nSPS) is 15.7. The molecule has 0 bridgehead atoms. The van der Waals surface area contributed by atoms with Gasteiger partial charge in [0.2, 0.25) is 5.95 Å². The Hall–Kier alpha value is -4.11. The Kier molecular flexibility index (Phi) is 7.54. The van der Waals surface area contributed by atoms with E-state index in [0.29, 0.717) is 59.5 Å². The van der Waals surface area contributed by atoms with Crippen LogP contribution in [0.4, 0.5) is 32.3 Å². The minimum absolute atomic E-state index is 0.00991. The fourth-order valence-corrected chi connectivity index (χ4v) is 5.89. The Labute approximate surface area is 244 Å². The first-order chi connectivity index (χ1) is 20.4. The summed E-state index contributed by atoms with van der Waals surface area (Å²) in [5.74, 6) is 0.0198. The molecule has 1 aromatic carbocycles. The van der Waals surface area contributed by atoms with Crippen LogP contribution in [0.3, 0.4) is 0 Å². The van der Waals surface area contributed by atoms with E-state index >= 15 is 0 Å². The summed E-state index contributed by atoms with van der Waals surface area (Å²) in [7, 11) is 0. The monoisotopic (exact) mass is 619 g/mol. The van der Waals surface area contributed by atoms with Crippen LogP contribution in [0.1, 0.15) is 30.1 Å². The minimum atomic E-state index is -4.56. The molecule has 1 unspecified atom stereocenters. The SMILES string of the molecule is Nc1nc2c(-c3cccc(SC(F)(F)F)c3)cc(-c3cnn(C(c4ccc(C(F)(F)F)nc4)C4CCOCC4)c3)cn2n1. The molecule has 1 saturated heterocycles. The van der Waals surface area contributed by atoms with Crippen LogP contribution in [0.5, 0.6) is 0 Å². The van der Waals surface area contributed by atoms with Gasteiger partial charge in [0.05, 0.1) is 12.2 Å². The Morgan fingerprint density at radius 2 is 1.72 bits per heavy atom. The summed E-state index contributed by atoms with van der Waals surface area (Å²) in [5.41, 5.74) is 3.64. The number of halogens is 6. The molecule has 224 valence electrons. The van der Waals surface area contributed by atoms with Gasteiger partial charge in [-0.25, -0.2) is 4.52 Å². The first-order valence-corrected chi connectivity index (χ1v) is 13.9. The Morgan fingerprint density at radius 1 is 0.930 bits per heavy atom. The van der Waals surface area contributed by atoms with Gasteiger partial charge in [-0.3, -0.25) is 9.67 Å². The second-order valence-corrected chi connectivity index (χ2v) is 11.2. The highest BCUT2D eigenvalue weighted by atomic mass is 32.2. The number of nitrogens with two attached hydrogens (primary N) is 1. The fourth-order valence-electron chi connectivity index (χ4n) is 5.29. The summed E-state index contributed by atoms with van der Waals surface area (Å²) >= 11 is -0.216. The third-order valence-electron chi connectivity index (χ3n) is 7.18. The number of thioether (sulfide) groups is 1. The van der Waals surface area contributed by atoms with Crippen molar-refractivity contribution in [3.63, 3.8) is 0 Å². The van der Waals surface area contributed by atoms with Gasteiger partial charge in [-0.2, -0.15) is 36.4 Å². The van der Waals surface area contributed by atoms with Crippen molar-refractivity contribution >= 4 is 23.4 Å². The second-order valence-electron chi connectivity index (χ2n) is 10.0. The van der Waals surface area contributed by atoms with Gasteiger partial charge in [0, 0.05) is 53.4 Å². The van der Waals surface area contributed by atoms with E-state index in [1.165, 1.54) is 35.0 Å². The number of nitrogens with zero attached hydrogens (tertiary/aromatic N) is 6. The molecule has 1 aliphatic rings. The smallest absolute Gasteiger partial charge is 0.381 e. The lowest BCUT2D eigenvalue weighted by atomic mass is 9.87. The Balaban J connectivity index is 1.41. The molecular formula is C28H23F6N7OS. The van der Waals surface area contributed by atoms with E-state index in [1.54, 1.807) is 35.4 Å². The molecule has 0 aliphatic carbocycles. The lowest BCUT2D eigenvalue weighted by Gasteiger charge is -2.30. The quantitative estimate of drug-likeness (QED) is 0.164. The van der Waals surface area contributed by atoms with Crippen LogP contribution < -0.4 is 5.73 Å². The molecule has 0 saturated carbocycles. The highest BCUT2D eigenvalue weighted by molar-refractivity contribution is 8.00. The van der Waals surface area contributed by atoms with Crippen LogP contribution in [-0.2, 0) is 10.9 Å². The number of benzene rings is 1. The molecule has 5 heterocycles. The minimum Gasteiger partial charge on any atom is -0.381 e. The van der Waals surface area contributed by atoms with Gasteiger partial charge in [-0.15, -0.1) is 5.10 Å². The first-order valence-electron chi connectivity index (χ1n) is 13.1. The molecule has 1 aliphatic heterocycles. The van der Waals surface area contributed by atoms with Crippen LogP contribution >= 0.6 is 11.8 Å². The maximum absolute atomic E-state index is 13.2. The second kappa shape index (κ2) is 11.2. The Morgan fingerprint density at radius 3 is 2.42 bits per heavy atom.